The summed E-state index contributed by atoms with van der Waals surface area (Å²) in [7, 11) is 0. The predicted molar refractivity (Wildman–Crippen MR) is 89.5 cm³/mol. The molecule has 1 heterocycles. The van der Waals surface area contributed by atoms with Crippen LogP contribution >= 0.6 is 0 Å². The van der Waals surface area contributed by atoms with Crippen molar-refractivity contribution in [2.24, 2.45) is 11.8 Å². The first-order valence-corrected chi connectivity index (χ1v) is 7.98. The number of rotatable bonds is 3. The average Bonchev–Trinajstić information content (AvgIpc) is 2.96. The van der Waals surface area contributed by atoms with Gasteiger partial charge in [-0.1, -0.05) is 25.5 Å². The number of benzene rings is 1. The zero-order valence-corrected chi connectivity index (χ0v) is 13.2. The van der Waals surface area contributed by atoms with Crippen LogP contribution in [-0.2, 0) is 4.79 Å². The molecule has 0 saturated heterocycles. The maximum absolute atomic E-state index is 12.4. The van der Waals surface area contributed by atoms with E-state index in [1.54, 1.807) is 6.20 Å². The second kappa shape index (κ2) is 6.30. The predicted octanol–water partition coefficient (Wildman–Crippen LogP) is 4.43. The Labute approximate surface area is 131 Å². The van der Waals surface area contributed by atoms with Crippen molar-refractivity contribution in [3.05, 3.63) is 48.2 Å². The SMILES string of the molecule is Cc1ccc(NC(=O)[C@H]2CCC[C@@H]2C)cc1-c1ccccn1. The molecule has 1 aromatic heterocycles. The van der Waals surface area contributed by atoms with E-state index in [0.717, 1.165) is 41.8 Å². The molecule has 1 aliphatic rings. The van der Waals surface area contributed by atoms with E-state index in [0.29, 0.717) is 5.92 Å². The molecule has 1 N–H and O–H groups in total. The number of aryl methyl sites for hydroxylation is 1. The highest BCUT2D eigenvalue weighted by Crippen LogP contribution is 2.32. The van der Waals surface area contributed by atoms with Crippen LogP contribution in [0.15, 0.2) is 42.6 Å². The zero-order chi connectivity index (χ0) is 15.5. The monoisotopic (exact) mass is 294 g/mol. The number of nitrogens with zero attached hydrogens (tertiary/aromatic N) is 1. The number of amides is 1. The van der Waals surface area contributed by atoms with Crippen molar-refractivity contribution in [3.8, 4) is 11.3 Å². The second-order valence-corrected chi connectivity index (χ2v) is 6.25. The van der Waals surface area contributed by atoms with Crippen LogP contribution in [0.3, 0.4) is 0 Å². The van der Waals surface area contributed by atoms with Gasteiger partial charge in [0, 0.05) is 23.4 Å². The van der Waals surface area contributed by atoms with E-state index >= 15 is 0 Å². The van der Waals surface area contributed by atoms with Crippen molar-refractivity contribution in [2.75, 3.05) is 5.32 Å². The summed E-state index contributed by atoms with van der Waals surface area (Å²) in [6, 6.07) is 11.9. The smallest absolute Gasteiger partial charge is 0.227 e. The van der Waals surface area contributed by atoms with E-state index < -0.39 is 0 Å². The van der Waals surface area contributed by atoms with Gasteiger partial charge in [-0.2, -0.15) is 0 Å². The molecule has 0 radical (unpaired) electrons. The lowest BCUT2D eigenvalue weighted by molar-refractivity contribution is -0.120. The topological polar surface area (TPSA) is 42.0 Å². The summed E-state index contributed by atoms with van der Waals surface area (Å²) in [6.07, 6.45) is 5.11. The molecule has 3 heteroatoms. The molecular formula is C19H22N2O. The van der Waals surface area contributed by atoms with Crippen molar-refractivity contribution in [1.29, 1.82) is 0 Å². The van der Waals surface area contributed by atoms with Crippen LogP contribution in [0.5, 0.6) is 0 Å². The minimum absolute atomic E-state index is 0.152. The molecule has 2 atom stereocenters. The highest BCUT2D eigenvalue weighted by molar-refractivity contribution is 5.93. The lowest BCUT2D eigenvalue weighted by atomic mass is 9.97. The fourth-order valence-corrected chi connectivity index (χ4v) is 3.27. The van der Waals surface area contributed by atoms with Crippen LogP contribution < -0.4 is 5.32 Å². The number of hydrogen-bond donors (Lipinski definition) is 1. The lowest BCUT2D eigenvalue weighted by Crippen LogP contribution is -2.24. The minimum atomic E-state index is 0.152. The summed E-state index contributed by atoms with van der Waals surface area (Å²) >= 11 is 0. The molecular weight excluding hydrogens is 272 g/mol. The van der Waals surface area contributed by atoms with Gasteiger partial charge in [-0.05, 0) is 55.5 Å². The summed E-state index contributed by atoms with van der Waals surface area (Å²) in [5.74, 6) is 0.793. The van der Waals surface area contributed by atoms with Crippen molar-refractivity contribution < 1.29 is 4.79 Å². The number of carbonyl (C=O) groups is 1. The third kappa shape index (κ3) is 3.03. The van der Waals surface area contributed by atoms with Crippen LogP contribution in [0, 0.1) is 18.8 Å². The Hall–Kier alpha value is -2.16. The van der Waals surface area contributed by atoms with Crippen molar-refractivity contribution in [2.45, 2.75) is 33.1 Å². The lowest BCUT2D eigenvalue weighted by Gasteiger charge is -2.16. The van der Waals surface area contributed by atoms with Crippen LogP contribution in [0.25, 0.3) is 11.3 Å². The quantitative estimate of drug-likeness (QED) is 0.909. The molecule has 0 aliphatic heterocycles. The van der Waals surface area contributed by atoms with Crippen LogP contribution in [0.4, 0.5) is 5.69 Å². The highest BCUT2D eigenvalue weighted by atomic mass is 16.1. The maximum atomic E-state index is 12.4. The number of nitrogens with one attached hydrogen (secondary N) is 1. The first-order chi connectivity index (χ1) is 10.6. The third-order valence-electron chi connectivity index (χ3n) is 4.64. The standard InChI is InChI=1S/C19H22N2O/c1-13-6-5-7-16(13)19(22)21-15-10-9-14(2)17(12-15)18-8-3-4-11-20-18/h3-4,8-13,16H,5-7H2,1-2H3,(H,21,22)/t13-,16-/m0/s1. The number of pyridine rings is 1. The van der Waals surface area contributed by atoms with Gasteiger partial charge in [0.25, 0.3) is 0 Å². The first-order valence-electron chi connectivity index (χ1n) is 7.98. The molecule has 1 fully saturated rings. The summed E-state index contributed by atoms with van der Waals surface area (Å²) in [4.78, 5) is 16.8. The Morgan fingerprint density at radius 1 is 1.23 bits per heavy atom. The summed E-state index contributed by atoms with van der Waals surface area (Å²) in [5, 5.41) is 3.08. The minimum Gasteiger partial charge on any atom is -0.326 e. The molecule has 0 spiro atoms. The number of anilines is 1. The highest BCUT2D eigenvalue weighted by Gasteiger charge is 2.29. The molecule has 1 aromatic carbocycles. The number of hydrogen-bond acceptors (Lipinski definition) is 2. The summed E-state index contributed by atoms with van der Waals surface area (Å²) in [6.45, 7) is 4.24. The molecule has 1 amide bonds. The Morgan fingerprint density at radius 2 is 2.09 bits per heavy atom. The molecule has 1 saturated carbocycles. The molecule has 2 aromatic rings. The Balaban J connectivity index is 1.82. The van der Waals surface area contributed by atoms with Gasteiger partial charge in [0.2, 0.25) is 5.91 Å². The maximum Gasteiger partial charge on any atom is 0.227 e. The first kappa shape index (κ1) is 14.8. The van der Waals surface area contributed by atoms with E-state index in [2.05, 4.69) is 24.1 Å². The van der Waals surface area contributed by atoms with Crippen molar-refractivity contribution in [1.82, 2.24) is 4.98 Å². The van der Waals surface area contributed by atoms with Gasteiger partial charge in [-0.3, -0.25) is 9.78 Å². The molecule has 3 nitrogen and oxygen atoms in total. The van der Waals surface area contributed by atoms with Gasteiger partial charge in [-0.25, -0.2) is 0 Å². The van der Waals surface area contributed by atoms with Crippen LogP contribution in [0.2, 0.25) is 0 Å². The average molecular weight is 294 g/mol. The van der Waals surface area contributed by atoms with Gasteiger partial charge in [0.15, 0.2) is 0 Å². The van der Waals surface area contributed by atoms with E-state index in [4.69, 9.17) is 0 Å². The summed E-state index contributed by atoms with van der Waals surface area (Å²) in [5.41, 5.74) is 4.02. The third-order valence-corrected chi connectivity index (χ3v) is 4.64. The normalized spacial score (nSPS) is 20.8. The van der Waals surface area contributed by atoms with E-state index in [-0.39, 0.29) is 11.8 Å². The van der Waals surface area contributed by atoms with Crippen molar-refractivity contribution in [3.63, 3.8) is 0 Å². The number of aromatic nitrogens is 1. The molecule has 22 heavy (non-hydrogen) atoms. The Kier molecular flexibility index (Phi) is 4.23. The van der Waals surface area contributed by atoms with E-state index in [1.165, 1.54) is 0 Å². The summed E-state index contributed by atoms with van der Waals surface area (Å²) < 4.78 is 0. The van der Waals surface area contributed by atoms with Gasteiger partial charge >= 0.3 is 0 Å². The van der Waals surface area contributed by atoms with Crippen LogP contribution in [0.1, 0.15) is 31.7 Å². The van der Waals surface area contributed by atoms with E-state index in [9.17, 15) is 4.79 Å². The second-order valence-electron chi connectivity index (χ2n) is 6.25. The zero-order valence-electron chi connectivity index (χ0n) is 13.2. The molecule has 114 valence electrons. The molecule has 3 rings (SSSR count). The fraction of sp³-hybridized carbons (Fsp3) is 0.368. The van der Waals surface area contributed by atoms with Gasteiger partial charge < -0.3 is 5.32 Å². The fourth-order valence-electron chi connectivity index (χ4n) is 3.27. The Bertz CT molecular complexity index is 666. The van der Waals surface area contributed by atoms with Crippen molar-refractivity contribution >= 4 is 11.6 Å². The molecule has 0 unspecified atom stereocenters. The van der Waals surface area contributed by atoms with Gasteiger partial charge in [0.1, 0.15) is 0 Å². The van der Waals surface area contributed by atoms with Gasteiger partial charge in [-0.15, -0.1) is 0 Å². The number of carbonyl (C=O) groups excluding carboxylic acids is 1. The van der Waals surface area contributed by atoms with Crippen LogP contribution in [-0.4, -0.2) is 10.9 Å². The molecule has 0 bridgehead atoms. The molecule has 1 aliphatic carbocycles. The Morgan fingerprint density at radius 3 is 2.77 bits per heavy atom. The van der Waals surface area contributed by atoms with E-state index in [1.807, 2.05) is 36.4 Å². The van der Waals surface area contributed by atoms with Gasteiger partial charge in [0.05, 0.1) is 5.69 Å². The largest absolute Gasteiger partial charge is 0.326 e.